The van der Waals surface area contributed by atoms with Crippen LogP contribution in [0.25, 0.3) is 0 Å². The molecule has 1 fully saturated rings. The van der Waals surface area contributed by atoms with E-state index in [1.807, 2.05) is 0 Å². The first kappa shape index (κ1) is 12.1. The fourth-order valence-electron chi connectivity index (χ4n) is 2.12. The lowest BCUT2D eigenvalue weighted by Crippen LogP contribution is -2.35. The molecule has 2 rings (SSSR count). The fraction of sp³-hybridized carbons (Fsp3) is 0.636. The summed E-state index contributed by atoms with van der Waals surface area (Å²) in [6.45, 7) is 4.21. The molecule has 0 amide bonds. The highest BCUT2D eigenvalue weighted by atomic mass is 15.5. The van der Waals surface area contributed by atoms with Gasteiger partial charge in [0.1, 0.15) is 18.0 Å². The van der Waals surface area contributed by atoms with Gasteiger partial charge in [0.2, 0.25) is 0 Å². The molecule has 94 valence electrons. The molecule has 1 aromatic rings. The van der Waals surface area contributed by atoms with Crippen LogP contribution in [0, 0.1) is 0 Å². The van der Waals surface area contributed by atoms with Crippen molar-refractivity contribution < 1.29 is 0 Å². The second-order valence-corrected chi connectivity index (χ2v) is 4.21. The number of piperidine rings is 1. The van der Waals surface area contributed by atoms with E-state index in [0.29, 0.717) is 5.82 Å². The first-order chi connectivity index (χ1) is 8.35. The van der Waals surface area contributed by atoms with Gasteiger partial charge in [-0.25, -0.2) is 20.8 Å². The zero-order valence-electron chi connectivity index (χ0n) is 10.2. The van der Waals surface area contributed by atoms with Gasteiger partial charge in [0.25, 0.3) is 0 Å². The zero-order chi connectivity index (χ0) is 12.1. The molecular formula is C11H20N6. The molecule has 1 aliphatic rings. The summed E-state index contributed by atoms with van der Waals surface area (Å²) in [5.74, 6) is 7.00. The minimum absolute atomic E-state index is 0.696. The molecule has 6 nitrogen and oxygen atoms in total. The first-order valence-electron chi connectivity index (χ1n) is 6.17. The third-order valence-corrected chi connectivity index (χ3v) is 3.06. The van der Waals surface area contributed by atoms with Gasteiger partial charge < -0.3 is 10.9 Å². The Labute approximate surface area is 102 Å². The van der Waals surface area contributed by atoms with Gasteiger partial charge in [-0.1, -0.05) is 13.3 Å². The van der Waals surface area contributed by atoms with Crippen LogP contribution in [-0.4, -0.2) is 28.1 Å². The molecule has 0 unspecified atom stereocenters. The van der Waals surface area contributed by atoms with Crippen molar-refractivity contribution in [1.82, 2.24) is 15.0 Å². The molecule has 0 aromatic carbocycles. The van der Waals surface area contributed by atoms with Gasteiger partial charge in [0.05, 0.1) is 0 Å². The van der Waals surface area contributed by atoms with Gasteiger partial charge in [-0.3, -0.25) is 0 Å². The van der Waals surface area contributed by atoms with Crippen LogP contribution in [0.15, 0.2) is 6.33 Å². The Balaban J connectivity index is 2.13. The highest BCUT2D eigenvalue weighted by molar-refractivity contribution is 5.56. The van der Waals surface area contributed by atoms with Crippen molar-refractivity contribution in [1.29, 1.82) is 0 Å². The first-order valence-corrected chi connectivity index (χ1v) is 6.17. The largest absolute Gasteiger partial charge is 0.308 e. The smallest absolute Gasteiger partial charge is 0.149 e. The molecule has 0 bridgehead atoms. The molecule has 4 N–H and O–H groups in total. The molecular weight excluding hydrogens is 216 g/mol. The van der Waals surface area contributed by atoms with Crippen LogP contribution in [0.1, 0.15) is 31.7 Å². The monoisotopic (exact) mass is 236 g/mol. The van der Waals surface area contributed by atoms with Crippen molar-refractivity contribution >= 4 is 11.6 Å². The predicted molar refractivity (Wildman–Crippen MR) is 68.3 cm³/mol. The SMILES string of the molecule is CCc1c(NN)ncnc1NN1CCCCC1. The minimum atomic E-state index is 0.696. The standard InChI is InChI=1S/C11H20N6/c1-2-9-10(15-12)13-8-14-11(9)16-17-6-4-3-5-7-17/h8H,2-7,12H2,1H3,(H2,13,14,15,16). The Morgan fingerprint density at radius 3 is 2.59 bits per heavy atom. The molecule has 0 aliphatic carbocycles. The van der Waals surface area contributed by atoms with Gasteiger partial charge in [-0.05, 0) is 19.3 Å². The van der Waals surface area contributed by atoms with E-state index in [2.05, 4.69) is 32.8 Å². The number of hydrazine groups is 2. The van der Waals surface area contributed by atoms with Crippen molar-refractivity contribution in [3.8, 4) is 0 Å². The van der Waals surface area contributed by atoms with Crippen LogP contribution in [0.4, 0.5) is 11.6 Å². The fourth-order valence-corrected chi connectivity index (χ4v) is 2.12. The quantitative estimate of drug-likeness (QED) is 0.537. The van der Waals surface area contributed by atoms with Crippen molar-refractivity contribution in [2.75, 3.05) is 23.9 Å². The van der Waals surface area contributed by atoms with Gasteiger partial charge in [0, 0.05) is 18.7 Å². The van der Waals surface area contributed by atoms with Gasteiger partial charge in [-0.15, -0.1) is 0 Å². The molecule has 1 saturated heterocycles. The summed E-state index contributed by atoms with van der Waals surface area (Å²) >= 11 is 0. The second-order valence-electron chi connectivity index (χ2n) is 4.21. The Morgan fingerprint density at radius 1 is 1.24 bits per heavy atom. The van der Waals surface area contributed by atoms with Gasteiger partial charge in [0.15, 0.2) is 0 Å². The molecule has 0 spiro atoms. The van der Waals surface area contributed by atoms with Crippen molar-refractivity contribution in [3.05, 3.63) is 11.9 Å². The van der Waals surface area contributed by atoms with Crippen LogP contribution in [0.3, 0.4) is 0 Å². The molecule has 2 heterocycles. The Hall–Kier alpha value is -1.40. The number of nitrogens with zero attached hydrogens (tertiary/aromatic N) is 3. The predicted octanol–water partition coefficient (Wildman–Crippen LogP) is 1.14. The Kier molecular flexibility index (Phi) is 4.11. The summed E-state index contributed by atoms with van der Waals surface area (Å²) < 4.78 is 0. The third kappa shape index (κ3) is 2.83. The maximum Gasteiger partial charge on any atom is 0.149 e. The lowest BCUT2D eigenvalue weighted by Gasteiger charge is -2.28. The number of hydrogen-bond acceptors (Lipinski definition) is 6. The lowest BCUT2D eigenvalue weighted by atomic mass is 10.2. The van der Waals surface area contributed by atoms with E-state index in [1.54, 1.807) is 0 Å². The number of nitrogens with two attached hydrogens (primary N) is 1. The molecule has 1 aromatic heterocycles. The third-order valence-electron chi connectivity index (χ3n) is 3.06. The van der Waals surface area contributed by atoms with E-state index in [4.69, 9.17) is 5.84 Å². The van der Waals surface area contributed by atoms with Crippen LogP contribution >= 0.6 is 0 Å². The van der Waals surface area contributed by atoms with Crippen LogP contribution in [0.2, 0.25) is 0 Å². The Morgan fingerprint density at radius 2 is 1.94 bits per heavy atom. The highest BCUT2D eigenvalue weighted by Gasteiger charge is 2.14. The summed E-state index contributed by atoms with van der Waals surface area (Å²) in [6, 6.07) is 0. The van der Waals surface area contributed by atoms with E-state index < -0.39 is 0 Å². The normalized spacial score (nSPS) is 16.8. The van der Waals surface area contributed by atoms with E-state index in [-0.39, 0.29) is 0 Å². The molecule has 0 radical (unpaired) electrons. The van der Waals surface area contributed by atoms with Gasteiger partial charge in [-0.2, -0.15) is 0 Å². The molecule has 1 aliphatic heterocycles. The summed E-state index contributed by atoms with van der Waals surface area (Å²) in [5, 5.41) is 2.21. The number of aromatic nitrogens is 2. The number of anilines is 2. The lowest BCUT2D eigenvalue weighted by molar-refractivity contribution is 0.272. The van der Waals surface area contributed by atoms with Crippen LogP contribution in [-0.2, 0) is 6.42 Å². The summed E-state index contributed by atoms with van der Waals surface area (Å²) in [4.78, 5) is 8.41. The van der Waals surface area contributed by atoms with E-state index >= 15 is 0 Å². The molecule has 17 heavy (non-hydrogen) atoms. The van der Waals surface area contributed by atoms with Crippen molar-refractivity contribution in [2.45, 2.75) is 32.6 Å². The Bertz CT molecular complexity index is 361. The topological polar surface area (TPSA) is 79.1 Å². The van der Waals surface area contributed by atoms with Crippen LogP contribution < -0.4 is 16.7 Å². The highest BCUT2D eigenvalue weighted by Crippen LogP contribution is 2.21. The van der Waals surface area contributed by atoms with E-state index in [1.165, 1.54) is 25.6 Å². The number of nitrogen functional groups attached to an aromatic ring is 1. The number of hydrogen-bond donors (Lipinski definition) is 3. The van der Waals surface area contributed by atoms with Crippen molar-refractivity contribution in [2.24, 2.45) is 5.84 Å². The molecule has 6 heteroatoms. The molecule has 0 atom stereocenters. The minimum Gasteiger partial charge on any atom is -0.308 e. The van der Waals surface area contributed by atoms with E-state index in [9.17, 15) is 0 Å². The second kappa shape index (κ2) is 5.79. The van der Waals surface area contributed by atoms with Crippen LogP contribution in [0.5, 0.6) is 0 Å². The zero-order valence-corrected chi connectivity index (χ0v) is 10.2. The van der Waals surface area contributed by atoms with Crippen molar-refractivity contribution in [3.63, 3.8) is 0 Å². The average Bonchev–Trinajstić information content (AvgIpc) is 2.39. The van der Waals surface area contributed by atoms with E-state index in [0.717, 1.165) is 30.9 Å². The summed E-state index contributed by atoms with van der Waals surface area (Å²) in [5.41, 5.74) is 7.00. The number of nitrogens with one attached hydrogen (secondary N) is 2. The summed E-state index contributed by atoms with van der Waals surface area (Å²) in [6.07, 6.45) is 6.17. The van der Waals surface area contributed by atoms with Gasteiger partial charge >= 0.3 is 0 Å². The number of rotatable bonds is 4. The molecule has 0 saturated carbocycles. The summed E-state index contributed by atoms with van der Waals surface area (Å²) in [7, 11) is 0. The maximum absolute atomic E-state index is 5.45. The maximum atomic E-state index is 5.45. The average molecular weight is 236 g/mol.